The molecule has 0 fully saturated rings. The highest BCUT2D eigenvalue weighted by Gasteiger charge is 2.11. The van der Waals surface area contributed by atoms with Gasteiger partial charge in [-0.1, -0.05) is 11.6 Å². The number of carbonyl (C=O) groups is 2. The van der Waals surface area contributed by atoms with E-state index in [2.05, 4.69) is 15.8 Å². The quantitative estimate of drug-likeness (QED) is 0.302. The van der Waals surface area contributed by atoms with Gasteiger partial charge in [-0.3, -0.25) is 9.59 Å². The molecule has 1 aromatic carbocycles. The average molecular weight is 370 g/mol. The topological polar surface area (TPSA) is 89.0 Å². The minimum Gasteiger partial charge on any atom is -0.492 e. The highest BCUT2D eigenvalue weighted by molar-refractivity contribution is 6.35. The fourth-order valence-corrected chi connectivity index (χ4v) is 2.00. The second kappa shape index (κ2) is 11.4. The fourth-order valence-electron chi connectivity index (χ4n) is 1.76. The average Bonchev–Trinajstić information content (AvgIpc) is 2.56. The molecule has 0 radical (unpaired) electrons. The maximum absolute atomic E-state index is 11.6. The minimum absolute atomic E-state index is 0.143. The summed E-state index contributed by atoms with van der Waals surface area (Å²) in [6.07, 6.45) is 2.17. The van der Waals surface area contributed by atoms with Crippen LogP contribution in [0.1, 0.15) is 32.8 Å². The van der Waals surface area contributed by atoms with E-state index in [9.17, 15) is 9.59 Å². The van der Waals surface area contributed by atoms with Crippen molar-refractivity contribution in [3.05, 3.63) is 28.8 Å². The van der Waals surface area contributed by atoms with E-state index in [-0.39, 0.29) is 6.10 Å². The zero-order chi connectivity index (χ0) is 18.7. The van der Waals surface area contributed by atoms with Crippen molar-refractivity contribution in [1.29, 1.82) is 0 Å². The lowest BCUT2D eigenvalue weighted by Crippen LogP contribution is -2.38. The van der Waals surface area contributed by atoms with Crippen LogP contribution in [0.25, 0.3) is 0 Å². The number of halogens is 1. The Labute approximate surface area is 152 Å². The number of rotatable bonds is 9. The molecule has 1 rings (SSSR count). The van der Waals surface area contributed by atoms with Gasteiger partial charge in [-0.25, -0.2) is 5.43 Å². The number of hydrogen-bond acceptors (Lipinski definition) is 5. The molecule has 2 amide bonds. The van der Waals surface area contributed by atoms with Crippen LogP contribution in [0.3, 0.4) is 0 Å². The Balaban J connectivity index is 2.36. The number of amides is 2. The summed E-state index contributed by atoms with van der Waals surface area (Å²) in [6, 6.07) is 5.10. The molecule has 25 heavy (non-hydrogen) atoms. The van der Waals surface area contributed by atoms with Gasteiger partial charge in [0.15, 0.2) is 0 Å². The molecular formula is C17H24ClN3O4. The third kappa shape index (κ3) is 8.51. The zero-order valence-electron chi connectivity index (χ0n) is 14.7. The van der Waals surface area contributed by atoms with Crippen LogP contribution >= 0.6 is 11.6 Å². The van der Waals surface area contributed by atoms with Gasteiger partial charge in [0.25, 0.3) is 0 Å². The Morgan fingerprint density at radius 3 is 2.72 bits per heavy atom. The van der Waals surface area contributed by atoms with Crippen LogP contribution < -0.4 is 15.5 Å². The summed E-state index contributed by atoms with van der Waals surface area (Å²) >= 11 is 6.05. The second-order valence-electron chi connectivity index (χ2n) is 5.35. The second-order valence-corrected chi connectivity index (χ2v) is 5.76. The van der Waals surface area contributed by atoms with Gasteiger partial charge in [0.1, 0.15) is 5.75 Å². The minimum atomic E-state index is -0.835. The van der Waals surface area contributed by atoms with Gasteiger partial charge in [-0.05, 0) is 51.0 Å². The van der Waals surface area contributed by atoms with Crippen molar-refractivity contribution in [3.8, 4) is 5.75 Å². The van der Waals surface area contributed by atoms with Crippen molar-refractivity contribution in [2.45, 2.75) is 33.3 Å². The smallest absolute Gasteiger partial charge is 0.329 e. The van der Waals surface area contributed by atoms with Crippen molar-refractivity contribution in [1.82, 2.24) is 10.7 Å². The summed E-state index contributed by atoms with van der Waals surface area (Å²) < 4.78 is 10.7. The Morgan fingerprint density at radius 2 is 2.08 bits per heavy atom. The SMILES string of the molecule is CCOc1ccc(/C=N\NC(=O)C(=O)NCCCOC(C)C)cc1Cl. The number of hydrogen-bond donors (Lipinski definition) is 2. The molecule has 0 unspecified atom stereocenters. The first-order chi connectivity index (χ1) is 11.9. The highest BCUT2D eigenvalue weighted by atomic mass is 35.5. The summed E-state index contributed by atoms with van der Waals surface area (Å²) in [5.41, 5.74) is 2.83. The fraction of sp³-hybridized carbons (Fsp3) is 0.471. The molecule has 2 N–H and O–H groups in total. The molecule has 1 aromatic rings. The van der Waals surface area contributed by atoms with Crippen molar-refractivity contribution >= 4 is 29.6 Å². The number of carbonyl (C=O) groups excluding carboxylic acids is 2. The normalized spacial score (nSPS) is 10.9. The lowest BCUT2D eigenvalue weighted by Gasteiger charge is -2.07. The van der Waals surface area contributed by atoms with Crippen molar-refractivity contribution in [2.24, 2.45) is 5.10 Å². The number of hydrazone groups is 1. The van der Waals surface area contributed by atoms with Crippen LogP contribution in [0.15, 0.2) is 23.3 Å². The highest BCUT2D eigenvalue weighted by Crippen LogP contribution is 2.24. The molecule has 0 saturated heterocycles. The molecule has 0 aliphatic heterocycles. The number of nitrogens with zero attached hydrogens (tertiary/aromatic N) is 1. The maximum atomic E-state index is 11.6. The number of benzene rings is 1. The predicted octanol–water partition coefficient (Wildman–Crippen LogP) is 2.12. The zero-order valence-corrected chi connectivity index (χ0v) is 15.4. The van der Waals surface area contributed by atoms with Crippen molar-refractivity contribution < 1.29 is 19.1 Å². The third-order valence-electron chi connectivity index (χ3n) is 2.90. The monoisotopic (exact) mass is 369 g/mol. The Hall–Kier alpha value is -2.12. The molecule has 0 aromatic heterocycles. The summed E-state index contributed by atoms with van der Waals surface area (Å²) in [5, 5.41) is 6.67. The molecule has 8 heteroatoms. The largest absolute Gasteiger partial charge is 0.492 e. The molecule has 0 aliphatic carbocycles. The van der Waals surface area contributed by atoms with Crippen molar-refractivity contribution in [2.75, 3.05) is 19.8 Å². The molecule has 0 bridgehead atoms. The van der Waals surface area contributed by atoms with Gasteiger partial charge >= 0.3 is 11.8 Å². The first-order valence-electron chi connectivity index (χ1n) is 8.09. The van der Waals surface area contributed by atoms with Crippen molar-refractivity contribution in [3.63, 3.8) is 0 Å². The van der Waals surface area contributed by atoms with Crippen LogP contribution in [0.2, 0.25) is 5.02 Å². The lowest BCUT2D eigenvalue weighted by atomic mass is 10.2. The van der Waals surface area contributed by atoms with E-state index in [1.807, 2.05) is 20.8 Å². The standard InChI is InChI=1S/C17H24ClN3O4/c1-4-24-15-7-6-13(10-14(15)18)11-20-21-17(23)16(22)19-8-5-9-25-12(2)3/h6-7,10-12H,4-5,8-9H2,1-3H3,(H,19,22)(H,21,23)/b20-11-. The van der Waals surface area contributed by atoms with E-state index in [4.69, 9.17) is 21.1 Å². The molecule has 7 nitrogen and oxygen atoms in total. The van der Waals surface area contributed by atoms with Crippen LogP contribution in [0.5, 0.6) is 5.75 Å². The Kier molecular flexibility index (Phi) is 9.57. The van der Waals surface area contributed by atoms with E-state index in [1.165, 1.54) is 6.21 Å². The van der Waals surface area contributed by atoms with Crippen LogP contribution in [0, 0.1) is 0 Å². The van der Waals surface area contributed by atoms with E-state index in [0.717, 1.165) is 0 Å². The van der Waals surface area contributed by atoms with E-state index in [0.29, 0.717) is 42.5 Å². The van der Waals surface area contributed by atoms with Crippen LogP contribution in [0.4, 0.5) is 0 Å². The summed E-state index contributed by atoms with van der Waals surface area (Å²) in [5.74, 6) is -1.00. The third-order valence-corrected chi connectivity index (χ3v) is 3.19. The molecular weight excluding hydrogens is 346 g/mol. The molecule has 0 spiro atoms. The summed E-state index contributed by atoms with van der Waals surface area (Å²) in [7, 11) is 0. The molecule has 0 saturated carbocycles. The first-order valence-corrected chi connectivity index (χ1v) is 8.47. The predicted molar refractivity (Wildman–Crippen MR) is 97.1 cm³/mol. The maximum Gasteiger partial charge on any atom is 0.329 e. The molecule has 0 atom stereocenters. The Morgan fingerprint density at radius 1 is 1.32 bits per heavy atom. The van der Waals surface area contributed by atoms with Gasteiger partial charge < -0.3 is 14.8 Å². The number of nitrogens with one attached hydrogen (secondary N) is 2. The van der Waals surface area contributed by atoms with Gasteiger partial charge in [0, 0.05) is 13.2 Å². The van der Waals surface area contributed by atoms with Gasteiger partial charge in [0.2, 0.25) is 0 Å². The van der Waals surface area contributed by atoms with E-state index in [1.54, 1.807) is 18.2 Å². The summed E-state index contributed by atoms with van der Waals surface area (Å²) in [6.45, 7) is 7.13. The van der Waals surface area contributed by atoms with Gasteiger partial charge in [-0.2, -0.15) is 5.10 Å². The van der Waals surface area contributed by atoms with Crippen LogP contribution in [-0.2, 0) is 14.3 Å². The molecule has 0 aliphatic rings. The molecule has 0 heterocycles. The number of ether oxygens (including phenoxy) is 2. The molecule has 138 valence electrons. The summed E-state index contributed by atoms with van der Waals surface area (Å²) in [4.78, 5) is 23.2. The van der Waals surface area contributed by atoms with Gasteiger partial charge in [-0.15, -0.1) is 0 Å². The van der Waals surface area contributed by atoms with Gasteiger partial charge in [0.05, 0.1) is 23.9 Å². The van der Waals surface area contributed by atoms with E-state index < -0.39 is 11.8 Å². The lowest BCUT2D eigenvalue weighted by molar-refractivity contribution is -0.139. The van der Waals surface area contributed by atoms with Crippen LogP contribution in [-0.4, -0.2) is 43.9 Å². The first kappa shape index (κ1) is 20.9. The van der Waals surface area contributed by atoms with E-state index >= 15 is 0 Å². The Bertz CT molecular complexity index is 606.